The predicted octanol–water partition coefficient (Wildman–Crippen LogP) is 4.21. The SMILES string of the molecule is Cc1cc(C(=O)N2C[C@H]3C[C@@H](Oc4cccc(C(F)(F)F)c4)[C@H](O)C[C@H]3C2)c(C)o1. The van der Waals surface area contributed by atoms with Gasteiger partial charge in [0.15, 0.2) is 0 Å². The highest BCUT2D eigenvalue weighted by atomic mass is 19.4. The monoisotopic (exact) mass is 423 g/mol. The third-order valence-corrected chi connectivity index (χ3v) is 6.09. The van der Waals surface area contributed by atoms with Gasteiger partial charge in [0.25, 0.3) is 5.91 Å². The van der Waals surface area contributed by atoms with Gasteiger partial charge in [-0.05, 0) is 62.8 Å². The number of fused-ring (bicyclic) bond motifs is 1. The van der Waals surface area contributed by atoms with Crippen molar-refractivity contribution in [3.8, 4) is 5.75 Å². The molecule has 1 saturated carbocycles. The van der Waals surface area contributed by atoms with Crippen LogP contribution in [0.3, 0.4) is 0 Å². The summed E-state index contributed by atoms with van der Waals surface area (Å²) in [4.78, 5) is 14.6. The largest absolute Gasteiger partial charge is 0.488 e. The Kier molecular flexibility index (Phi) is 5.30. The van der Waals surface area contributed by atoms with Crippen molar-refractivity contribution in [3.63, 3.8) is 0 Å². The van der Waals surface area contributed by atoms with E-state index in [1.165, 1.54) is 12.1 Å². The second kappa shape index (κ2) is 7.65. The molecule has 4 rings (SSSR count). The first-order valence-corrected chi connectivity index (χ1v) is 10.00. The molecule has 2 aliphatic rings. The molecule has 1 saturated heterocycles. The van der Waals surface area contributed by atoms with Crippen molar-refractivity contribution in [2.45, 2.75) is 45.1 Å². The summed E-state index contributed by atoms with van der Waals surface area (Å²) in [6.07, 6.45) is -4.93. The van der Waals surface area contributed by atoms with Gasteiger partial charge < -0.3 is 19.2 Å². The molecule has 8 heteroatoms. The first-order chi connectivity index (χ1) is 14.1. The van der Waals surface area contributed by atoms with Crippen molar-refractivity contribution in [2.24, 2.45) is 11.8 Å². The van der Waals surface area contributed by atoms with E-state index in [2.05, 4.69) is 0 Å². The van der Waals surface area contributed by atoms with Gasteiger partial charge in [-0.25, -0.2) is 0 Å². The second-order valence-electron chi connectivity index (χ2n) is 8.28. The number of aliphatic hydroxyl groups is 1. The number of carbonyl (C=O) groups excluding carboxylic acids is 1. The fourth-order valence-corrected chi connectivity index (χ4v) is 4.62. The third kappa shape index (κ3) is 4.05. The summed E-state index contributed by atoms with van der Waals surface area (Å²) >= 11 is 0. The van der Waals surface area contributed by atoms with E-state index in [9.17, 15) is 23.1 Å². The number of amides is 1. The normalized spacial score (nSPS) is 26.5. The predicted molar refractivity (Wildman–Crippen MR) is 102 cm³/mol. The van der Waals surface area contributed by atoms with Crippen LogP contribution >= 0.6 is 0 Å². The molecule has 1 aromatic heterocycles. The molecule has 4 atom stereocenters. The number of hydrogen-bond donors (Lipinski definition) is 1. The van der Waals surface area contributed by atoms with Gasteiger partial charge in [-0.2, -0.15) is 13.2 Å². The van der Waals surface area contributed by atoms with E-state index in [-0.39, 0.29) is 23.5 Å². The Hall–Kier alpha value is -2.48. The molecule has 1 aliphatic heterocycles. The fraction of sp³-hybridized carbons (Fsp3) is 0.500. The minimum atomic E-state index is -4.45. The zero-order valence-corrected chi connectivity index (χ0v) is 16.8. The quantitative estimate of drug-likeness (QED) is 0.804. The van der Waals surface area contributed by atoms with E-state index < -0.39 is 23.9 Å². The van der Waals surface area contributed by atoms with Crippen molar-refractivity contribution in [3.05, 3.63) is 53.0 Å². The molecule has 0 radical (unpaired) electrons. The van der Waals surface area contributed by atoms with E-state index in [1.54, 1.807) is 24.8 Å². The molecule has 30 heavy (non-hydrogen) atoms. The van der Waals surface area contributed by atoms with Gasteiger partial charge in [0.1, 0.15) is 23.4 Å². The van der Waals surface area contributed by atoms with Crippen molar-refractivity contribution in [1.29, 1.82) is 0 Å². The Morgan fingerprint density at radius 2 is 1.87 bits per heavy atom. The second-order valence-corrected chi connectivity index (χ2v) is 8.28. The average Bonchev–Trinajstić information content (AvgIpc) is 3.23. The zero-order valence-electron chi connectivity index (χ0n) is 16.8. The highest BCUT2D eigenvalue weighted by Crippen LogP contribution is 2.39. The maximum absolute atomic E-state index is 12.9. The third-order valence-electron chi connectivity index (χ3n) is 6.09. The number of ether oxygens (including phenoxy) is 1. The summed E-state index contributed by atoms with van der Waals surface area (Å²) in [7, 11) is 0. The molecule has 2 heterocycles. The first-order valence-electron chi connectivity index (χ1n) is 10.00. The lowest BCUT2D eigenvalue weighted by Gasteiger charge is -2.35. The average molecular weight is 423 g/mol. The van der Waals surface area contributed by atoms with E-state index in [0.29, 0.717) is 43.0 Å². The van der Waals surface area contributed by atoms with Crippen LogP contribution in [0.25, 0.3) is 0 Å². The molecule has 2 fully saturated rings. The van der Waals surface area contributed by atoms with Crippen molar-refractivity contribution < 1.29 is 32.2 Å². The van der Waals surface area contributed by atoms with Gasteiger partial charge in [-0.3, -0.25) is 4.79 Å². The van der Waals surface area contributed by atoms with E-state index >= 15 is 0 Å². The molecule has 0 spiro atoms. The molecule has 0 unspecified atom stereocenters. The number of halogens is 3. The first kappa shape index (κ1) is 20.8. The van der Waals surface area contributed by atoms with E-state index in [4.69, 9.17) is 9.15 Å². The van der Waals surface area contributed by atoms with Crippen molar-refractivity contribution in [1.82, 2.24) is 4.90 Å². The molecule has 1 amide bonds. The molecule has 5 nitrogen and oxygen atoms in total. The number of nitrogens with zero attached hydrogens (tertiary/aromatic N) is 1. The summed E-state index contributed by atoms with van der Waals surface area (Å²) < 4.78 is 50.0. The van der Waals surface area contributed by atoms with Gasteiger partial charge in [0.2, 0.25) is 0 Å². The standard InChI is InChI=1S/C22H24F3NO4/c1-12-6-18(13(2)29-12)21(28)26-10-14-7-19(27)20(8-15(14)11-26)30-17-5-3-4-16(9-17)22(23,24)25/h3-6,9,14-15,19-20,27H,7-8,10-11H2,1-2H3/t14-,15+,19+,20+/m0/s1. The van der Waals surface area contributed by atoms with Crippen LogP contribution in [0.1, 0.15) is 40.3 Å². The minimum absolute atomic E-state index is 0.0859. The van der Waals surface area contributed by atoms with Crippen LogP contribution in [0.2, 0.25) is 0 Å². The maximum Gasteiger partial charge on any atom is 0.416 e. The van der Waals surface area contributed by atoms with Gasteiger partial charge in [0, 0.05) is 13.1 Å². The number of benzene rings is 1. The summed E-state index contributed by atoms with van der Waals surface area (Å²) in [5.41, 5.74) is -0.241. The van der Waals surface area contributed by atoms with Crippen LogP contribution < -0.4 is 4.74 Å². The van der Waals surface area contributed by atoms with E-state index in [0.717, 1.165) is 12.1 Å². The molecular weight excluding hydrogens is 399 g/mol. The van der Waals surface area contributed by atoms with Crippen LogP contribution in [-0.4, -0.2) is 41.2 Å². The van der Waals surface area contributed by atoms with Crippen LogP contribution in [0, 0.1) is 25.7 Å². The lowest BCUT2D eigenvalue weighted by atomic mass is 9.78. The zero-order chi connectivity index (χ0) is 21.6. The molecular formula is C22H24F3NO4. The number of alkyl halides is 3. The van der Waals surface area contributed by atoms with Crippen LogP contribution in [-0.2, 0) is 6.18 Å². The smallest absolute Gasteiger partial charge is 0.416 e. The summed E-state index contributed by atoms with van der Waals surface area (Å²) in [6.45, 7) is 4.62. The number of aliphatic hydroxyl groups excluding tert-OH is 1. The number of carbonyl (C=O) groups is 1. The van der Waals surface area contributed by atoms with Gasteiger partial charge in [0.05, 0.1) is 17.2 Å². The highest BCUT2D eigenvalue weighted by Gasteiger charge is 2.44. The summed E-state index contributed by atoms with van der Waals surface area (Å²) in [5.74, 6) is 1.52. The topological polar surface area (TPSA) is 62.9 Å². The summed E-state index contributed by atoms with van der Waals surface area (Å²) in [5, 5.41) is 10.5. The summed E-state index contributed by atoms with van der Waals surface area (Å²) in [6, 6.07) is 6.42. The minimum Gasteiger partial charge on any atom is -0.488 e. The number of likely N-dealkylation sites (tertiary alicyclic amines) is 1. The van der Waals surface area contributed by atoms with E-state index in [1.807, 2.05) is 0 Å². The molecule has 1 aromatic carbocycles. The molecule has 162 valence electrons. The van der Waals surface area contributed by atoms with Gasteiger partial charge >= 0.3 is 6.18 Å². The number of hydrogen-bond acceptors (Lipinski definition) is 4. The molecule has 1 N–H and O–H groups in total. The lowest BCUT2D eigenvalue weighted by Crippen LogP contribution is -2.42. The van der Waals surface area contributed by atoms with Gasteiger partial charge in [-0.15, -0.1) is 0 Å². The molecule has 0 bridgehead atoms. The Labute approximate surface area is 172 Å². The van der Waals surface area contributed by atoms with Gasteiger partial charge in [-0.1, -0.05) is 6.07 Å². The molecule has 2 aromatic rings. The lowest BCUT2D eigenvalue weighted by molar-refractivity contribution is -0.137. The van der Waals surface area contributed by atoms with Crippen LogP contribution in [0.15, 0.2) is 34.7 Å². The van der Waals surface area contributed by atoms with Crippen LogP contribution in [0.4, 0.5) is 13.2 Å². The Morgan fingerprint density at radius 1 is 1.17 bits per heavy atom. The maximum atomic E-state index is 12.9. The highest BCUT2D eigenvalue weighted by molar-refractivity contribution is 5.95. The van der Waals surface area contributed by atoms with Crippen molar-refractivity contribution >= 4 is 5.91 Å². The molecule has 1 aliphatic carbocycles. The fourth-order valence-electron chi connectivity index (χ4n) is 4.62. The number of rotatable bonds is 3. The van der Waals surface area contributed by atoms with Crippen LogP contribution in [0.5, 0.6) is 5.75 Å². The Morgan fingerprint density at radius 3 is 2.50 bits per heavy atom. The number of aryl methyl sites for hydroxylation is 2. The van der Waals surface area contributed by atoms with Crippen molar-refractivity contribution in [2.75, 3.05) is 13.1 Å². The Bertz CT molecular complexity index is 939. The Balaban J connectivity index is 1.44. The number of furan rings is 1.